The summed E-state index contributed by atoms with van der Waals surface area (Å²) in [6, 6.07) is 7.37. The van der Waals surface area contributed by atoms with Gasteiger partial charge >= 0.3 is 11.9 Å². The maximum Gasteiger partial charge on any atom is 0.309 e. The average molecular weight is 420 g/mol. The van der Waals surface area contributed by atoms with E-state index < -0.39 is 11.2 Å². The lowest BCUT2D eigenvalue weighted by atomic mass is 9.97. The molecule has 1 aromatic carbocycles. The molecule has 0 aliphatic carbocycles. The SMILES string of the molecule is CCOC(=O)C1CCN(C(=O)COC(=O)C[C@H]2Sc3ccccc3NC2=O)CC1. The van der Waals surface area contributed by atoms with Gasteiger partial charge in [0.2, 0.25) is 5.91 Å². The van der Waals surface area contributed by atoms with Crippen LogP contribution in [0.2, 0.25) is 0 Å². The molecule has 2 heterocycles. The van der Waals surface area contributed by atoms with Crippen LogP contribution < -0.4 is 5.32 Å². The first-order valence-electron chi connectivity index (χ1n) is 9.64. The second-order valence-electron chi connectivity index (χ2n) is 6.86. The number of nitrogens with one attached hydrogen (secondary N) is 1. The van der Waals surface area contributed by atoms with Crippen LogP contribution in [0.5, 0.6) is 0 Å². The normalized spacial score (nSPS) is 19.1. The van der Waals surface area contributed by atoms with E-state index in [1.807, 2.05) is 18.2 Å². The summed E-state index contributed by atoms with van der Waals surface area (Å²) in [4.78, 5) is 50.8. The van der Waals surface area contributed by atoms with Crippen molar-refractivity contribution in [1.82, 2.24) is 4.90 Å². The minimum atomic E-state index is -0.591. The van der Waals surface area contributed by atoms with E-state index in [0.717, 1.165) is 10.6 Å². The maximum absolute atomic E-state index is 12.3. The predicted octanol–water partition coefficient (Wildman–Crippen LogP) is 1.83. The number of para-hydroxylation sites is 1. The van der Waals surface area contributed by atoms with Gasteiger partial charge in [-0.2, -0.15) is 0 Å². The Balaban J connectivity index is 1.41. The monoisotopic (exact) mass is 420 g/mol. The molecule has 8 nitrogen and oxygen atoms in total. The number of amides is 2. The summed E-state index contributed by atoms with van der Waals surface area (Å²) in [6.45, 7) is 2.60. The lowest BCUT2D eigenvalue weighted by Gasteiger charge is -2.30. The van der Waals surface area contributed by atoms with E-state index >= 15 is 0 Å². The van der Waals surface area contributed by atoms with E-state index in [0.29, 0.717) is 32.5 Å². The minimum absolute atomic E-state index is 0.108. The summed E-state index contributed by atoms with van der Waals surface area (Å²) in [7, 11) is 0. The number of nitrogens with zero attached hydrogens (tertiary/aromatic N) is 1. The molecule has 0 saturated carbocycles. The second kappa shape index (κ2) is 9.78. The molecule has 29 heavy (non-hydrogen) atoms. The van der Waals surface area contributed by atoms with E-state index in [4.69, 9.17) is 9.47 Å². The number of likely N-dealkylation sites (tertiary alicyclic amines) is 1. The number of anilines is 1. The maximum atomic E-state index is 12.3. The molecule has 1 aromatic rings. The highest BCUT2D eigenvalue weighted by atomic mass is 32.2. The molecule has 1 atom stereocenters. The van der Waals surface area contributed by atoms with Crippen molar-refractivity contribution in [2.45, 2.75) is 36.3 Å². The molecule has 0 spiro atoms. The lowest BCUT2D eigenvalue weighted by molar-refractivity contribution is -0.155. The molecule has 2 aliphatic rings. The summed E-state index contributed by atoms with van der Waals surface area (Å²) < 4.78 is 10.1. The smallest absolute Gasteiger partial charge is 0.309 e. The van der Waals surface area contributed by atoms with Gasteiger partial charge in [0.05, 0.1) is 29.9 Å². The van der Waals surface area contributed by atoms with E-state index in [9.17, 15) is 19.2 Å². The summed E-state index contributed by atoms with van der Waals surface area (Å²) in [6.07, 6.45) is 0.969. The number of hydrogen-bond acceptors (Lipinski definition) is 7. The summed E-state index contributed by atoms with van der Waals surface area (Å²) in [5, 5.41) is 2.18. The van der Waals surface area contributed by atoms with Gasteiger partial charge in [-0.3, -0.25) is 19.2 Å². The molecule has 0 bridgehead atoms. The molecule has 2 aliphatic heterocycles. The largest absolute Gasteiger partial charge is 0.466 e. The average Bonchev–Trinajstić information content (AvgIpc) is 2.73. The molecule has 1 N–H and O–H groups in total. The zero-order chi connectivity index (χ0) is 20.8. The van der Waals surface area contributed by atoms with Crippen molar-refractivity contribution >= 4 is 41.2 Å². The fraction of sp³-hybridized carbons (Fsp3) is 0.500. The highest BCUT2D eigenvalue weighted by molar-refractivity contribution is 8.01. The number of piperidine rings is 1. The fourth-order valence-corrected chi connectivity index (χ4v) is 4.39. The highest BCUT2D eigenvalue weighted by Gasteiger charge is 2.31. The number of carbonyl (C=O) groups excluding carboxylic acids is 4. The van der Waals surface area contributed by atoms with Crippen LogP contribution in [0.3, 0.4) is 0 Å². The first-order valence-corrected chi connectivity index (χ1v) is 10.5. The van der Waals surface area contributed by atoms with Crippen LogP contribution in [0.15, 0.2) is 29.2 Å². The molecule has 3 rings (SSSR count). The van der Waals surface area contributed by atoms with Gasteiger partial charge in [0.1, 0.15) is 0 Å². The molecule has 2 amide bonds. The van der Waals surface area contributed by atoms with Gasteiger partial charge in [-0.05, 0) is 31.9 Å². The van der Waals surface area contributed by atoms with Gasteiger partial charge in [-0.25, -0.2) is 0 Å². The first kappa shape index (κ1) is 21.2. The van der Waals surface area contributed by atoms with Crippen LogP contribution in [-0.2, 0) is 28.7 Å². The third kappa shape index (κ3) is 5.50. The zero-order valence-corrected chi connectivity index (χ0v) is 17.0. The van der Waals surface area contributed by atoms with Crippen LogP contribution in [0, 0.1) is 5.92 Å². The zero-order valence-electron chi connectivity index (χ0n) is 16.2. The van der Waals surface area contributed by atoms with Crippen molar-refractivity contribution in [3.63, 3.8) is 0 Å². The molecule has 0 radical (unpaired) electrons. The number of ether oxygens (including phenoxy) is 2. The molecule has 1 fully saturated rings. The quantitative estimate of drug-likeness (QED) is 0.701. The summed E-state index contributed by atoms with van der Waals surface area (Å²) in [5.74, 6) is -1.56. The minimum Gasteiger partial charge on any atom is -0.466 e. The Hall–Kier alpha value is -2.55. The van der Waals surface area contributed by atoms with Crippen LogP contribution in [-0.4, -0.2) is 60.2 Å². The number of fused-ring (bicyclic) bond motifs is 1. The first-order chi connectivity index (χ1) is 14.0. The molecule has 0 aromatic heterocycles. The Morgan fingerprint density at radius 1 is 1.17 bits per heavy atom. The third-order valence-electron chi connectivity index (χ3n) is 4.88. The van der Waals surface area contributed by atoms with E-state index in [2.05, 4.69) is 5.32 Å². The number of esters is 2. The van der Waals surface area contributed by atoms with Gasteiger partial charge in [0, 0.05) is 18.0 Å². The van der Waals surface area contributed by atoms with Crippen molar-refractivity contribution in [2.75, 3.05) is 31.6 Å². The number of carbonyl (C=O) groups is 4. The number of rotatable bonds is 6. The van der Waals surface area contributed by atoms with E-state index in [-0.39, 0.29) is 36.7 Å². The Labute approximate surface area is 173 Å². The number of benzene rings is 1. The highest BCUT2D eigenvalue weighted by Crippen LogP contribution is 2.36. The molecule has 1 saturated heterocycles. The Morgan fingerprint density at radius 3 is 2.62 bits per heavy atom. The summed E-state index contributed by atoms with van der Waals surface area (Å²) >= 11 is 1.31. The molecule has 156 valence electrons. The van der Waals surface area contributed by atoms with Crippen LogP contribution in [0.25, 0.3) is 0 Å². The van der Waals surface area contributed by atoms with E-state index in [1.165, 1.54) is 11.8 Å². The molecular weight excluding hydrogens is 396 g/mol. The number of hydrogen-bond donors (Lipinski definition) is 1. The van der Waals surface area contributed by atoms with Gasteiger partial charge in [0.15, 0.2) is 6.61 Å². The summed E-state index contributed by atoms with van der Waals surface area (Å²) in [5.41, 5.74) is 0.730. The topological polar surface area (TPSA) is 102 Å². The lowest BCUT2D eigenvalue weighted by Crippen LogP contribution is -2.42. The Bertz CT molecular complexity index is 791. The van der Waals surface area contributed by atoms with Gasteiger partial charge in [-0.1, -0.05) is 12.1 Å². The van der Waals surface area contributed by atoms with Crippen LogP contribution >= 0.6 is 11.8 Å². The van der Waals surface area contributed by atoms with Crippen molar-refractivity contribution in [1.29, 1.82) is 0 Å². The Morgan fingerprint density at radius 2 is 1.90 bits per heavy atom. The van der Waals surface area contributed by atoms with Crippen molar-refractivity contribution < 1.29 is 28.7 Å². The van der Waals surface area contributed by atoms with Crippen molar-refractivity contribution in [3.8, 4) is 0 Å². The van der Waals surface area contributed by atoms with Crippen molar-refractivity contribution in [2.24, 2.45) is 5.92 Å². The number of thioether (sulfide) groups is 1. The van der Waals surface area contributed by atoms with Crippen LogP contribution in [0.1, 0.15) is 26.2 Å². The van der Waals surface area contributed by atoms with E-state index in [1.54, 1.807) is 17.9 Å². The molecular formula is C20H24N2O6S. The standard InChI is InChI=1S/C20H24N2O6S/c1-2-27-20(26)13-7-9-22(10-8-13)17(23)12-28-18(24)11-16-19(25)21-14-5-3-4-6-15(14)29-16/h3-6,13,16H,2,7-12H2,1H3,(H,21,25)/t16-/m1/s1. The Kier molecular flexibility index (Phi) is 7.13. The van der Waals surface area contributed by atoms with Crippen LogP contribution in [0.4, 0.5) is 5.69 Å². The third-order valence-corrected chi connectivity index (χ3v) is 6.16. The molecule has 0 unspecified atom stereocenters. The van der Waals surface area contributed by atoms with Gasteiger partial charge < -0.3 is 19.7 Å². The van der Waals surface area contributed by atoms with Gasteiger partial charge in [-0.15, -0.1) is 11.8 Å². The van der Waals surface area contributed by atoms with Gasteiger partial charge in [0.25, 0.3) is 5.91 Å². The second-order valence-corrected chi connectivity index (χ2v) is 8.11. The fourth-order valence-electron chi connectivity index (χ4n) is 3.30. The van der Waals surface area contributed by atoms with Crippen molar-refractivity contribution in [3.05, 3.63) is 24.3 Å². The predicted molar refractivity (Wildman–Crippen MR) is 106 cm³/mol. The molecule has 9 heteroatoms.